The number of anilines is 1. The molecule has 0 fully saturated rings. The molecule has 0 spiro atoms. The molecule has 1 N–H and O–H groups in total. The number of methoxy groups -OCH3 is 1. The second kappa shape index (κ2) is 8.57. The summed E-state index contributed by atoms with van der Waals surface area (Å²) in [6.07, 6.45) is 0. The second-order valence-corrected chi connectivity index (χ2v) is 7.15. The van der Waals surface area contributed by atoms with Crippen molar-refractivity contribution in [2.75, 3.05) is 12.4 Å². The average Bonchev–Trinajstić information content (AvgIpc) is 3.32. The van der Waals surface area contributed by atoms with Gasteiger partial charge in [-0.3, -0.25) is 4.79 Å². The average molecular weight is 443 g/mol. The van der Waals surface area contributed by atoms with Crippen molar-refractivity contribution >= 4 is 28.2 Å². The van der Waals surface area contributed by atoms with E-state index in [1.54, 1.807) is 13.0 Å². The summed E-state index contributed by atoms with van der Waals surface area (Å²) in [7, 11) is 1.20. The first-order chi connectivity index (χ1) is 14.2. The largest absolute Gasteiger partial charge is 0.479 e. The van der Waals surface area contributed by atoms with Crippen molar-refractivity contribution in [1.29, 1.82) is 0 Å². The van der Waals surface area contributed by atoms with E-state index in [9.17, 15) is 27.2 Å². The van der Waals surface area contributed by atoms with Gasteiger partial charge in [-0.2, -0.15) is 8.78 Å². The first-order valence-corrected chi connectivity index (χ1v) is 9.07. The molecular formula is C19H13F4NO5S. The van der Waals surface area contributed by atoms with Gasteiger partial charge in [-0.15, -0.1) is 11.3 Å². The van der Waals surface area contributed by atoms with Gasteiger partial charge in [-0.25, -0.2) is 13.6 Å². The van der Waals surface area contributed by atoms with Gasteiger partial charge in [0, 0.05) is 10.9 Å². The molecule has 11 heteroatoms. The van der Waals surface area contributed by atoms with E-state index in [4.69, 9.17) is 9.15 Å². The summed E-state index contributed by atoms with van der Waals surface area (Å²) in [6, 6.07) is 4.14. The van der Waals surface area contributed by atoms with Crippen LogP contribution >= 0.6 is 11.3 Å². The zero-order chi connectivity index (χ0) is 22.0. The van der Waals surface area contributed by atoms with Gasteiger partial charge >= 0.3 is 5.97 Å². The third kappa shape index (κ3) is 4.30. The minimum Gasteiger partial charge on any atom is -0.479 e. The van der Waals surface area contributed by atoms with Crippen molar-refractivity contribution in [3.05, 3.63) is 69.5 Å². The van der Waals surface area contributed by atoms with Crippen molar-refractivity contribution in [2.45, 2.75) is 13.5 Å². The van der Waals surface area contributed by atoms with Crippen LogP contribution in [0.4, 0.5) is 22.6 Å². The number of hydrogen-bond acceptors (Lipinski definition) is 6. The molecule has 3 rings (SSSR count). The minimum absolute atomic E-state index is 0.0424. The Morgan fingerprint density at radius 3 is 2.40 bits per heavy atom. The van der Waals surface area contributed by atoms with Gasteiger partial charge < -0.3 is 19.2 Å². The fraction of sp³-hybridized carbons (Fsp3) is 0.158. The molecule has 0 atom stereocenters. The van der Waals surface area contributed by atoms with Crippen LogP contribution in [-0.4, -0.2) is 19.0 Å². The highest BCUT2D eigenvalue weighted by Gasteiger charge is 2.22. The number of hydrogen-bond donors (Lipinski definition) is 1. The molecule has 1 aromatic carbocycles. The summed E-state index contributed by atoms with van der Waals surface area (Å²) in [5.74, 6) is -9.43. The van der Waals surface area contributed by atoms with Crippen LogP contribution < -0.4 is 10.1 Å². The van der Waals surface area contributed by atoms with E-state index >= 15 is 0 Å². The Morgan fingerprint density at radius 1 is 1.10 bits per heavy atom. The number of carbonyl (C=O) groups is 2. The normalized spacial score (nSPS) is 10.7. The first kappa shape index (κ1) is 21.4. The lowest BCUT2D eigenvalue weighted by atomic mass is 10.3. The van der Waals surface area contributed by atoms with E-state index < -0.39 is 47.5 Å². The van der Waals surface area contributed by atoms with Crippen molar-refractivity contribution in [1.82, 2.24) is 0 Å². The fourth-order valence-corrected chi connectivity index (χ4v) is 3.33. The Kier molecular flexibility index (Phi) is 6.11. The van der Waals surface area contributed by atoms with Crippen molar-refractivity contribution < 1.29 is 41.0 Å². The molecule has 0 radical (unpaired) electrons. The lowest BCUT2D eigenvalue weighted by Gasteiger charge is -2.08. The number of benzene rings is 1. The number of halogens is 4. The molecule has 1 amide bonds. The molecule has 0 aliphatic carbocycles. The summed E-state index contributed by atoms with van der Waals surface area (Å²) in [4.78, 5) is 24.9. The Balaban J connectivity index is 1.72. The highest BCUT2D eigenvalue weighted by molar-refractivity contribution is 7.16. The zero-order valence-electron chi connectivity index (χ0n) is 15.5. The lowest BCUT2D eigenvalue weighted by molar-refractivity contribution is 0.0602. The molecule has 0 aliphatic heterocycles. The van der Waals surface area contributed by atoms with Gasteiger partial charge in [0.15, 0.2) is 23.1 Å². The third-order valence-corrected chi connectivity index (χ3v) is 4.77. The first-order valence-electron chi connectivity index (χ1n) is 8.25. The Bertz CT molecular complexity index is 1100. The molecule has 2 heterocycles. The number of esters is 1. The highest BCUT2D eigenvalue weighted by atomic mass is 32.1. The summed E-state index contributed by atoms with van der Waals surface area (Å²) < 4.78 is 68.3. The number of carbonyl (C=O) groups excluding carboxylic acids is 2. The van der Waals surface area contributed by atoms with Gasteiger partial charge in [0.1, 0.15) is 17.4 Å². The predicted molar refractivity (Wildman–Crippen MR) is 97.7 cm³/mol. The van der Waals surface area contributed by atoms with Gasteiger partial charge in [0.25, 0.3) is 5.91 Å². The van der Waals surface area contributed by atoms with Crippen molar-refractivity contribution in [3.8, 4) is 5.75 Å². The van der Waals surface area contributed by atoms with Crippen LogP contribution in [-0.2, 0) is 11.3 Å². The topological polar surface area (TPSA) is 77.8 Å². The van der Waals surface area contributed by atoms with E-state index in [0.717, 1.165) is 16.2 Å². The SMILES string of the molecule is COC(=O)c1cc(C)sc1NC(=O)c1ccc(COc2c(F)c(F)cc(F)c2F)o1. The Hall–Kier alpha value is -3.34. The molecule has 6 nitrogen and oxygen atoms in total. The molecule has 0 saturated heterocycles. The van der Waals surface area contributed by atoms with Gasteiger partial charge in [0.2, 0.25) is 11.6 Å². The number of nitrogens with one attached hydrogen (secondary N) is 1. The summed E-state index contributed by atoms with van der Waals surface area (Å²) in [6.45, 7) is 1.14. The lowest BCUT2D eigenvalue weighted by Crippen LogP contribution is -2.13. The standard InChI is InChI=1S/C19H13F4NO5S/c1-8-5-10(19(26)27-2)18(30-8)24-17(25)13-4-3-9(29-13)7-28-16-14(22)11(20)6-12(21)15(16)23/h3-6H,7H2,1-2H3,(H,24,25). The number of thiophene rings is 1. The van der Waals surface area contributed by atoms with E-state index in [1.807, 2.05) is 0 Å². The van der Waals surface area contributed by atoms with Crippen LogP contribution in [0.25, 0.3) is 0 Å². The molecule has 30 heavy (non-hydrogen) atoms. The maximum absolute atomic E-state index is 13.6. The van der Waals surface area contributed by atoms with Gasteiger partial charge in [-0.05, 0) is 25.1 Å². The van der Waals surface area contributed by atoms with Crippen molar-refractivity contribution in [2.24, 2.45) is 0 Å². The van der Waals surface area contributed by atoms with E-state index in [-0.39, 0.29) is 28.2 Å². The monoisotopic (exact) mass is 443 g/mol. The van der Waals surface area contributed by atoms with Gasteiger partial charge in [-0.1, -0.05) is 0 Å². The highest BCUT2D eigenvalue weighted by Crippen LogP contribution is 2.29. The number of ether oxygens (including phenoxy) is 2. The van der Waals surface area contributed by atoms with E-state index in [0.29, 0.717) is 0 Å². The molecule has 0 aliphatic rings. The van der Waals surface area contributed by atoms with Crippen LogP contribution in [0.2, 0.25) is 0 Å². The van der Waals surface area contributed by atoms with Crippen LogP contribution in [0.3, 0.4) is 0 Å². The Labute approximate surface area is 171 Å². The second-order valence-electron chi connectivity index (χ2n) is 5.90. The molecule has 0 bridgehead atoms. The fourth-order valence-electron chi connectivity index (χ4n) is 2.43. The van der Waals surface area contributed by atoms with Crippen LogP contribution in [0, 0.1) is 30.2 Å². The van der Waals surface area contributed by atoms with Crippen LogP contribution in [0.15, 0.2) is 28.7 Å². The molecule has 2 aromatic heterocycles. The van der Waals surface area contributed by atoms with E-state index in [2.05, 4.69) is 10.1 Å². The Morgan fingerprint density at radius 2 is 1.77 bits per heavy atom. The zero-order valence-corrected chi connectivity index (χ0v) is 16.3. The van der Waals surface area contributed by atoms with Gasteiger partial charge in [0.05, 0.1) is 12.7 Å². The smallest absolute Gasteiger partial charge is 0.340 e. The minimum atomic E-state index is -1.69. The van der Waals surface area contributed by atoms with E-state index in [1.165, 1.54) is 19.2 Å². The molecule has 3 aromatic rings. The third-order valence-electron chi connectivity index (χ3n) is 3.80. The summed E-state index contributed by atoms with van der Waals surface area (Å²) in [5.41, 5.74) is 0.169. The van der Waals surface area contributed by atoms with Crippen LogP contribution in [0.1, 0.15) is 31.6 Å². The quantitative estimate of drug-likeness (QED) is 0.336. The van der Waals surface area contributed by atoms with Crippen molar-refractivity contribution in [3.63, 3.8) is 0 Å². The number of aryl methyl sites for hydroxylation is 1. The summed E-state index contributed by atoms with van der Waals surface area (Å²) >= 11 is 1.15. The maximum Gasteiger partial charge on any atom is 0.340 e. The molecule has 0 saturated carbocycles. The molecule has 158 valence electrons. The summed E-state index contributed by atoms with van der Waals surface area (Å²) in [5, 5.41) is 2.76. The molecule has 0 unspecified atom stereocenters. The maximum atomic E-state index is 13.6. The van der Waals surface area contributed by atoms with Crippen LogP contribution in [0.5, 0.6) is 5.75 Å². The number of amides is 1. The number of furan rings is 1. The molecular weight excluding hydrogens is 430 g/mol. The number of rotatable bonds is 6. The predicted octanol–water partition coefficient (Wildman–Crippen LogP) is 4.82.